The van der Waals surface area contributed by atoms with Gasteiger partial charge in [-0.2, -0.15) is 0 Å². The highest BCUT2D eigenvalue weighted by Crippen LogP contribution is 2.30. The number of hydrogen-bond donors (Lipinski definition) is 1. The van der Waals surface area contributed by atoms with Crippen LogP contribution in [0.2, 0.25) is 0 Å². The fourth-order valence-corrected chi connectivity index (χ4v) is 2.92. The molecule has 18 heavy (non-hydrogen) atoms. The van der Waals surface area contributed by atoms with Crippen molar-refractivity contribution in [3.05, 3.63) is 23.9 Å². The number of pyridine rings is 1. The van der Waals surface area contributed by atoms with Crippen LogP contribution in [0.25, 0.3) is 0 Å². The first-order chi connectivity index (χ1) is 8.74. The Hall–Kier alpha value is -1.09. The second-order valence-corrected chi connectivity index (χ2v) is 5.34. The van der Waals surface area contributed by atoms with E-state index in [1.807, 2.05) is 19.2 Å². The Morgan fingerprint density at radius 2 is 2.33 bits per heavy atom. The molecule has 1 aromatic rings. The lowest BCUT2D eigenvalue weighted by molar-refractivity contribution is 0.430. The van der Waals surface area contributed by atoms with E-state index in [1.54, 1.807) is 0 Å². The molecular formula is C15H25N3. The molecule has 3 nitrogen and oxygen atoms in total. The molecule has 0 spiro atoms. The van der Waals surface area contributed by atoms with E-state index in [9.17, 15) is 0 Å². The van der Waals surface area contributed by atoms with Gasteiger partial charge in [-0.1, -0.05) is 19.4 Å². The maximum absolute atomic E-state index is 6.07. The summed E-state index contributed by atoms with van der Waals surface area (Å²) in [4.78, 5) is 7.09. The van der Waals surface area contributed by atoms with Crippen molar-refractivity contribution in [3.8, 4) is 0 Å². The molecule has 1 fully saturated rings. The third kappa shape index (κ3) is 2.83. The standard InChI is InChI=1S/C15H25N3/c1-3-7-13-8-4-5-11-18(13)15-14(12(2)16)9-6-10-17-15/h6,9-10,12-13H,3-5,7-8,11,16H2,1-2H3/t12-,13?/m1/s1. The van der Waals surface area contributed by atoms with Crippen molar-refractivity contribution in [3.63, 3.8) is 0 Å². The number of hydrogen-bond acceptors (Lipinski definition) is 3. The molecule has 1 aliphatic rings. The maximum atomic E-state index is 6.07. The molecule has 0 amide bonds. The van der Waals surface area contributed by atoms with Crippen LogP contribution in [0.5, 0.6) is 0 Å². The van der Waals surface area contributed by atoms with Crippen LogP contribution in [0.4, 0.5) is 5.82 Å². The number of piperidine rings is 1. The van der Waals surface area contributed by atoms with Crippen molar-refractivity contribution in [1.29, 1.82) is 0 Å². The maximum Gasteiger partial charge on any atom is 0.133 e. The van der Waals surface area contributed by atoms with Gasteiger partial charge in [-0.15, -0.1) is 0 Å². The van der Waals surface area contributed by atoms with Gasteiger partial charge in [-0.25, -0.2) is 4.98 Å². The van der Waals surface area contributed by atoms with E-state index in [0.717, 1.165) is 12.4 Å². The molecule has 0 radical (unpaired) electrons. The van der Waals surface area contributed by atoms with E-state index in [4.69, 9.17) is 5.73 Å². The lowest BCUT2D eigenvalue weighted by Gasteiger charge is -2.38. The molecule has 0 saturated carbocycles. The lowest BCUT2D eigenvalue weighted by Crippen LogP contribution is -2.40. The molecule has 2 N–H and O–H groups in total. The minimum Gasteiger partial charge on any atom is -0.353 e. The van der Waals surface area contributed by atoms with Gasteiger partial charge in [-0.3, -0.25) is 0 Å². The average molecular weight is 247 g/mol. The Morgan fingerprint density at radius 1 is 1.50 bits per heavy atom. The van der Waals surface area contributed by atoms with Crippen molar-refractivity contribution < 1.29 is 0 Å². The highest BCUT2D eigenvalue weighted by molar-refractivity contribution is 5.49. The van der Waals surface area contributed by atoms with Gasteiger partial charge in [0.15, 0.2) is 0 Å². The van der Waals surface area contributed by atoms with Crippen molar-refractivity contribution in [2.45, 2.75) is 58.0 Å². The van der Waals surface area contributed by atoms with Crippen LogP contribution in [-0.2, 0) is 0 Å². The molecule has 2 atom stereocenters. The zero-order valence-corrected chi connectivity index (χ0v) is 11.6. The molecule has 0 aromatic carbocycles. The summed E-state index contributed by atoms with van der Waals surface area (Å²) in [5, 5.41) is 0. The number of rotatable bonds is 4. The Balaban J connectivity index is 2.27. The fourth-order valence-electron chi connectivity index (χ4n) is 2.92. The summed E-state index contributed by atoms with van der Waals surface area (Å²) in [5.41, 5.74) is 7.25. The summed E-state index contributed by atoms with van der Waals surface area (Å²) in [5.74, 6) is 1.12. The fraction of sp³-hybridized carbons (Fsp3) is 0.667. The third-order valence-electron chi connectivity index (χ3n) is 3.83. The molecule has 2 heterocycles. The molecule has 0 bridgehead atoms. The number of nitrogens with zero attached hydrogens (tertiary/aromatic N) is 2. The summed E-state index contributed by atoms with van der Waals surface area (Å²) < 4.78 is 0. The third-order valence-corrected chi connectivity index (χ3v) is 3.83. The lowest BCUT2D eigenvalue weighted by atomic mass is 9.97. The van der Waals surface area contributed by atoms with Gasteiger partial charge in [0.1, 0.15) is 5.82 Å². The smallest absolute Gasteiger partial charge is 0.133 e. The Bertz CT molecular complexity index is 374. The number of nitrogens with two attached hydrogens (primary N) is 1. The highest BCUT2D eigenvalue weighted by Gasteiger charge is 2.25. The first-order valence-corrected chi connectivity index (χ1v) is 7.21. The van der Waals surface area contributed by atoms with E-state index in [1.165, 1.54) is 37.7 Å². The Morgan fingerprint density at radius 3 is 3.06 bits per heavy atom. The zero-order valence-electron chi connectivity index (χ0n) is 11.6. The highest BCUT2D eigenvalue weighted by atomic mass is 15.2. The minimum atomic E-state index is 0.0536. The number of anilines is 1. The van der Waals surface area contributed by atoms with Crippen molar-refractivity contribution in [2.24, 2.45) is 5.73 Å². The van der Waals surface area contributed by atoms with Crippen LogP contribution < -0.4 is 10.6 Å². The predicted octanol–water partition coefficient (Wildman–Crippen LogP) is 3.26. The van der Waals surface area contributed by atoms with Gasteiger partial charge in [0.2, 0.25) is 0 Å². The molecule has 100 valence electrons. The summed E-state index contributed by atoms with van der Waals surface area (Å²) in [7, 11) is 0. The van der Waals surface area contributed by atoms with Gasteiger partial charge in [0, 0.05) is 30.4 Å². The van der Waals surface area contributed by atoms with E-state index in [2.05, 4.69) is 22.9 Å². The molecular weight excluding hydrogens is 222 g/mol. The average Bonchev–Trinajstić information content (AvgIpc) is 2.40. The monoisotopic (exact) mass is 247 g/mol. The van der Waals surface area contributed by atoms with Crippen LogP contribution in [0, 0.1) is 0 Å². The van der Waals surface area contributed by atoms with Gasteiger partial charge in [-0.05, 0) is 38.7 Å². The molecule has 2 rings (SSSR count). The Labute approximate surface area is 110 Å². The molecule has 1 aromatic heterocycles. The first kappa shape index (κ1) is 13.3. The van der Waals surface area contributed by atoms with E-state index >= 15 is 0 Å². The van der Waals surface area contributed by atoms with Gasteiger partial charge in [0.25, 0.3) is 0 Å². The molecule has 1 unspecified atom stereocenters. The van der Waals surface area contributed by atoms with Crippen LogP contribution in [0.15, 0.2) is 18.3 Å². The first-order valence-electron chi connectivity index (χ1n) is 7.21. The summed E-state index contributed by atoms with van der Waals surface area (Å²) in [6, 6.07) is 4.81. The summed E-state index contributed by atoms with van der Waals surface area (Å²) in [6.45, 7) is 5.43. The Kier molecular flexibility index (Phi) is 4.59. The van der Waals surface area contributed by atoms with Gasteiger partial charge in [0.05, 0.1) is 0 Å². The van der Waals surface area contributed by atoms with Crippen molar-refractivity contribution in [2.75, 3.05) is 11.4 Å². The summed E-state index contributed by atoms with van der Waals surface area (Å²) in [6.07, 6.45) is 8.30. The van der Waals surface area contributed by atoms with Gasteiger partial charge < -0.3 is 10.6 Å². The molecule has 1 saturated heterocycles. The van der Waals surface area contributed by atoms with Crippen LogP contribution >= 0.6 is 0 Å². The van der Waals surface area contributed by atoms with E-state index < -0.39 is 0 Å². The van der Waals surface area contributed by atoms with Crippen LogP contribution in [0.3, 0.4) is 0 Å². The number of aromatic nitrogens is 1. The minimum absolute atomic E-state index is 0.0536. The van der Waals surface area contributed by atoms with Crippen molar-refractivity contribution in [1.82, 2.24) is 4.98 Å². The molecule has 1 aliphatic heterocycles. The van der Waals surface area contributed by atoms with Crippen LogP contribution in [-0.4, -0.2) is 17.6 Å². The summed E-state index contributed by atoms with van der Waals surface area (Å²) >= 11 is 0. The van der Waals surface area contributed by atoms with Crippen molar-refractivity contribution >= 4 is 5.82 Å². The predicted molar refractivity (Wildman–Crippen MR) is 76.7 cm³/mol. The molecule has 0 aliphatic carbocycles. The van der Waals surface area contributed by atoms with Gasteiger partial charge >= 0.3 is 0 Å². The second kappa shape index (κ2) is 6.19. The SMILES string of the molecule is CCCC1CCCCN1c1ncccc1[C@@H](C)N. The molecule has 3 heteroatoms. The normalized spacial score (nSPS) is 21.9. The van der Waals surface area contributed by atoms with E-state index in [-0.39, 0.29) is 6.04 Å². The topological polar surface area (TPSA) is 42.2 Å². The zero-order chi connectivity index (χ0) is 13.0. The second-order valence-electron chi connectivity index (χ2n) is 5.34. The quantitative estimate of drug-likeness (QED) is 0.888. The van der Waals surface area contributed by atoms with Crippen LogP contribution in [0.1, 0.15) is 57.6 Å². The van der Waals surface area contributed by atoms with E-state index in [0.29, 0.717) is 6.04 Å². The largest absolute Gasteiger partial charge is 0.353 e.